The molecule has 2 heteroatoms. The number of nitrogens with zero attached hydrogens (tertiary/aromatic N) is 2. The first kappa shape index (κ1) is 35.8. The Morgan fingerprint density at radius 2 is 0.871 bits per heavy atom. The van der Waals surface area contributed by atoms with Gasteiger partial charge < -0.3 is 0 Å². The summed E-state index contributed by atoms with van der Waals surface area (Å²) in [5, 5.41) is 2.71. The molecular formula is C60H46N2. The van der Waals surface area contributed by atoms with Crippen molar-refractivity contribution in [2.24, 2.45) is 23.7 Å². The van der Waals surface area contributed by atoms with E-state index in [-0.39, 0.29) is 5.41 Å². The summed E-state index contributed by atoms with van der Waals surface area (Å²) in [5.41, 5.74) is 18.5. The molecule has 1 spiro atoms. The van der Waals surface area contributed by atoms with E-state index in [9.17, 15) is 0 Å². The van der Waals surface area contributed by atoms with Gasteiger partial charge in [-0.3, -0.25) is 0 Å². The minimum Gasteiger partial charge on any atom is -0.228 e. The average molecular weight is 795 g/mol. The lowest BCUT2D eigenvalue weighted by atomic mass is 9.43. The van der Waals surface area contributed by atoms with Crippen LogP contribution in [0.3, 0.4) is 0 Å². The maximum atomic E-state index is 5.32. The van der Waals surface area contributed by atoms with Crippen LogP contribution in [-0.2, 0) is 5.41 Å². The summed E-state index contributed by atoms with van der Waals surface area (Å²) in [5.74, 6) is 3.97. The van der Waals surface area contributed by atoms with E-state index in [0.29, 0.717) is 11.8 Å². The Hall–Kier alpha value is -6.90. The Labute approximate surface area is 364 Å². The number of rotatable bonds is 6. The van der Waals surface area contributed by atoms with Crippen LogP contribution in [0.2, 0.25) is 0 Å². The van der Waals surface area contributed by atoms with Crippen molar-refractivity contribution in [1.82, 2.24) is 9.97 Å². The molecule has 2 nitrogen and oxygen atoms in total. The number of benzene rings is 8. The third kappa shape index (κ3) is 5.55. The van der Waals surface area contributed by atoms with Gasteiger partial charge in [0.05, 0.1) is 11.4 Å². The van der Waals surface area contributed by atoms with Gasteiger partial charge in [-0.1, -0.05) is 164 Å². The second kappa shape index (κ2) is 14.1. The monoisotopic (exact) mass is 794 g/mol. The number of hydrogen-bond acceptors (Lipinski definition) is 2. The lowest BCUT2D eigenvalue weighted by Crippen LogP contribution is -2.55. The van der Waals surface area contributed by atoms with Crippen LogP contribution in [-0.4, -0.2) is 9.97 Å². The molecule has 0 aliphatic heterocycles. The topological polar surface area (TPSA) is 25.8 Å². The third-order valence-electron chi connectivity index (χ3n) is 15.2. The van der Waals surface area contributed by atoms with E-state index in [1.807, 2.05) is 6.07 Å². The molecule has 14 rings (SSSR count). The van der Waals surface area contributed by atoms with Crippen molar-refractivity contribution in [3.63, 3.8) is 0 Å². The standard InChI is InChI=1S/C60H46N2/c1-3-14-40(15-4-1)42-20-11-23-47(33-42)56-37-57(62-59(61-56)41-16-5-2-6-17-41)52-25-10-9-24-50(52)45-21-12-22-46(34-45)51-26-13-27-54-58(51)53-35-43-18-7-8-19-44(43)36-55(53)60(54)48-29-38-28-39(31-48)32-49(60)30-38/h1-27,33-39,48-49H,28-32H2. The second-order valence-electron chi connectivity index (χ2n) is 18.5. The Kier molecular flexibility index (Phi) is 8.13. The highest BCUT2D eigenvalue weighted by atomic mass is 14.9. The van der Waals surface area contributed by atoms with Crippen LogP contribution in [0.15, 0.2) is 194 Å². The highest BCUT2D eigenvalue weighted by Crippen LogP contribution is 2.70. The van der Waals surface area contributed by atoms with Gasteiger partial charge in [-0.15, -0.1) is 0 Å². The van der Waals surface area contributed by atoms with Crippen molar-refractivity contribution < 1.29 is 0 Å². The smallest absolute Gasteiger partial charge is 0.160 e. The van der Waals surface area contributed by atoms with E-state index in [0.717, 1.165) is 51.3 Å². The van der Waals surface area contributed by atoms with E-state index >= 15 is 0 Å². The molecule has 1 heterocycles. The number of hydrogen-bond donors (Lipinski definition) is 0. The fourth-order valence-electron chi connectivity index (χ4n) is 12.9. The first-order valence-corrected chi connectivity index (χ1v) is 22.6. The highest BCUT2D eigenvalue weighted by molar-refractivity contribution is 5.99. The molecule has 0 saturated heterocycles. The van der Waals surface area contributed by atoms with Gasteiger partial charge in [0, 0.05) is 22.1 Å². The van der Waals surface area contributed by atoms with Crippen molar-refractivity contribution in [1.29, 1.82) is 0 Å². The minimum atomic E-state index is 0.101. The van der Waals surface area contributed by atoms with E-state index < -0.39 is 0 Å². The van der Waals surface area contributed by atoms with Crippen LogP contribution in [0.4, 0.5) is 0 Å². The maximum Gasteiger partial charge on any atom is 0.160 e. The van der Waals surface area contributed by atoms with Gasteiger partial charge in [-0.25, -0.2) is 9.97 Å². The summed E-state index contributed by atoms with van der Waals surface area (Å²) >= 11 is 0. The average Bonchev–Trinajstić information content (AvgIpc) is 3.62. The molecule has 4 saturated carbocycles. The first-order chi connectivity index (χ1) is 30.7. The summed E-state index contributed by atoms with van der Waals surface area (Å²) < 4.78 is 0. The maximum absolute atomic E-state index is 5.32. The zero-order valence-corrected chi connectivity index (χ0v) is 34.7. The van der Waals surface area contributed by atoms with E-state index in [1.54, 1.807) is 11.1 Å². The zero-order valence-electron chi connectivity index (χ0n) is 34.7. The molecule has 0 radical (unpaired) electrons. The molecule has 8 aromatic carbocycles. The van der Waals surface area contributed by atoms with Crippen LogP contribution in [0.5, 0.6) is 0 Å². The van der Waals surface area contributed by atoms with Crippen LogP contribution >= 0.6 is 0 Å². The molecule has 4 bridgehead atoms. The normalized spacial score (nSPS) is 21.6. The van der Waals surface area contributed by atoms with E-state index in [1.165, 1.54) is 81.8 Å². The van der Waals surface area contributed by atoms with Gasteiger partial charge in [-0.2, -0.15) is 0 Å². The summed E-state index contributed by atoms with van der Waals surface area (Å²) in [4.78, 5) is 10.5. The summed E-state index contributed by atoms with van der Waals surface area (Å²) in [6.07, 6.45) is 6.98. The van der Waals surface area contributed by atoms with Gasteiger partial charge in [-0.05, 0) is 153 Å². The van der Waals surface area contributed by atoms with Crippen LogP contribution in [0, 0.1) is 23.7 Å². The zero-order chi connectivity index (χ0) is 40.8. The summed E-state index contributed by atoms with van der Waals surface area (Å²) in [6.45, 7) is 0. The second-order valence-corrected chi connectivity index (χ2v) is 18.5. The van der Waals surface area contributed by atoms with Crippen molar-refractivity contribution in [3.8, 4) is 78.4 Å². The first-order valence-electron chi connectivity index (χ1n) is 22.6. The van der Waals surface area contributed by atoms with Gasteiger partial charge in [0.1, 0.15) is 0 Å². The molecule has 296 valence electrons. The Balaban J connectivity index is 0.961. The largest absolute Gasteiger partial charge is 0.228 e. The number of fused-ring (bicyclic) bond motifs is 4. The lowest BCUT2D eigenvalue weighted by Gasteiger charge is -2.61. The highest BCUT2D eigenvalue weighted by Gasteiger charge is 2.61. The van der Waals surface area contributed by atoms with E-state index in [4.69, 9.17) is 9.97 Å². The van der Waals surface area contributed by atoms with Crippen LogP contribution < -0.4 is 0 Å². The molecule has 4 fully saturated rings. The minimum absolute atomic E-state index is 0.101. The Bertz CT molecular complexity index is 3170. The summed E-state index contributed by atoms with van der Waals surface area (Å²) in [6, 6.07) is 71.4. The quantitative estimate of drug-likeness (QED) is 0.168. The predicted molar refractivity (Wildman–Crippen MR) is 255 cm³/mol. The van der Waals surface area contributed by atoms with Crippen LogP contribution in [0.25, 0.3) is 89.2 Å². The van der Waals surface area contributed by atoms with Gasteiger partial charge in [0.15, 0.2) is 5.82 Å². The molecule has 0 atom stereocenters. The molecular weight excluding hydrogens is 749 g/mol. The SMILES string of the molecule is c1ccc(-c2cccc(-c3cc(-c4ccccc4-c4cccc(-c5cccc6c5-c5cc7ccccc7cc5C65C6CC7CC(C6)CC5C7)c4)nc(-c4ccccc4)n3)c2)cc1. The lowest BCUT2D eigenvalue weighted by molar-refractivity contribution is -0.0398. The van der Waals surface area contributed by atoms with Crippen molar-refractivity contribution in [2.45, 2.75) is 37.5 Å². The third-order valence-corrected chi connectivity index (χ3v) is 15.2. The molecule has 0 amide bonds. The predicted octanol–water partition coefficient (Wildman–Crippen LogP) is 15.4. The molecule has 9 aromatic rings. The fourth-order valence-corrected chi connectivity index (χ4v) is 12.9. The van der Waals surface area contributed by atoms with Gasteiger partial charge in [0.2, 0.25) is 0 Å². The molecule has 62 heavy (non-hydrogen) atoms. The molecule has 1 aromatic heterocycles. The van der Waals surface area contributed by atoms with Gasteiger partial charge in [0.25, 0.3) is 0 Å². The van der Waals surface area contributed by atoms with E-state index in [2.05, 4.69) is 188 Å². The van der Waals surface area contributed by atoms with Crippen LogP contribution in [0.1, 0.15) is 43.2 Å². The molecule has 0 N–H and O–H groups in total. The Morgan fingerprint density at radius 1 is 0.339 bits per heavy atom. The molecule has 5 aliphatic carbocycles. The molecule has 0 unspecified atom stereocenters. The van der Waals surface area contributed by atoms with Crippen molar-refractivity contribution >= 4 is 10.8 Å². The summed E-state index contributed by atoms with van der Waals surface area (Å²) in [7, 11) is 0. The molecule has 5 aliphatic rings. The fraction of sp³-hybridized carbons (Fsp3) is 0.167. The number of aromatic nitrogens is 2. The van der Waals surface area contributed by atoms with Gasteiger partial charge >= 0.3 is 0 Å². The van der Waals surface area contributed by atoms with Crippen molar-refractivity contribution in [2.75, 3.05) is 0 Å². The Morgan fingerprint density at radius 3 is 1.61 bits per heavy atom. The van der Waals surface area contributed by atoms with Crippen molar-refractivity contribution in [3.05, 3.63) is 205 Å².